The minimum Gasteiger partial charge on any atom is -0.875 e. The number of hydrogen-bond acceptors (Lipinski definition) is 6. The van der Waals surface area contributed by atoms with Crippen molar-refractivity contribution in [1.82, 2.24) is 0 Å². The van der Waals surface area contributed by atoms with Crippen LogP contribution in [0.25, 0.3) is 0 Å². The summed E-state index contributed by atoms with van der Waals surface area (Å²) in [4.78, 5) is 30.6. The summed E-state index contributed by atoms with van der Waals surface area (Å²) in [5.74, 6) is -2.25. The van der Waals surface area contributed by atoms with E-state index < -0.39 is 0 Å². The first-order valence-electron chi connectivity index (χ1n) is 6.29. The van der Waals surface area contributed by atoms with Crippen molar-refractivity contribution >= 4 is 52.2 Å². The first-order chi connectivity index (χ1) is 10.7. The summed E-state index contributed by atoms with van der Waals surface area (Å²) >= 11 is 15.5. The van der Waals surface area contributed by atoms with Gasteiger partial charge >= 0.3 is 17.1 Å². The maximum Gasteiger partial charge on any atom is 3.00 e. The average molecular weight is 457 g/mol. The Morgan fingerprint density at radius 1 is 0.520 bits per heavy atom. The van der Waals surface area contributed by atoms with Gasteiger partial charge in [-0.3, -0.25) is 14.4 Å². The second-order valence-corrected chi connectivity index (χ2v) is 5.41. The van der Waals surface area contributed by atoms with Gasteiger partial charge < -0.3 is 15.3 Å². The average Bonchev–Trinajstić information content (AvgIpc) is 2.45. The van der Waals surface area contributed by atoms with Crippen molar-refractivity contribution in [3.05, 3.63) is 32.4 Å². The molecule has 0 N–H and O–H groups in total. The molecule has 0 bridgehead atoms. The molecule has 10 heteroatoms. The molecule has 0 saturated heterocycles. The Hall–Kier alpha value is -0.981. The Kier molecular flexibility index (Phi) is 20.9. The summed E-state index contributed by atoms with van der Waals surface area (Å²) in [5, 5.41) is 30.0. The van der Waals surface area contributed by atoms with E-state index in [0.717, 1.165) is 0 Å². The summed E-state index contributed by atoms with van der Waals surface area (Å²) in [7, 11) is 0. The maximum absolute atomic E-state index is 10.2. The molecule has 6 nitrogen and oxygen atoms in total. The van der Waals surface area contributed by atoms with Crippen LogP contribution >= 0.6 is 34.8 Å². The Morgan fingerprint density at radius 2 is 0.640 bits per heavy atom. The van der Waals surface area contributed by atoms with E-state index in [1.165, 1.54) is 41.5 Å². The van der Waals surface area contributed by atoms with Gasteiger partial charge in [-0.2, -0.15) is 0 Å². The summed E-state index contributed by atoms with van der Waals surface area (Å²) in [5.41, 5.74) is 0. The van der Waals surface area contributed by atoms with Gasteiger partial charge in [0.15, 0.2) is 17.3 Å². The van der Waals surface area contributed by atoms with Crippen molar-refractivity contribution < 1.29 is 46.8 Å². The van der Waals surface area contributed by atoms with Crippen LogP contribution in [0.2, 0.25) is 0 Å². The Morgan fingerprint density at radius 3 is 0.640 bits per heavy atom. The van der Waals surface area contributed by atoms with Crippen LogP contribution in [0, 0.1) is 0 Å². The van der Waals surface area contributed by atoms with Gasteiger partial charge in [0.1, 0.15) is 0 Å². The molecule has 1 radical (unpaired) electrons. The maximum atomic E-state index is 10.2. The van der Waals surface area contributed by atoms with E-state index in [1.54, 1.807) is 0 Å². The number of rotatable bonds is 3. The molecule has 0 atom stereocenters. The van der Waals surface area contributed by atoms with E-state index >= 15 is 0 Å². The van der Waals surface area contributed by atoms with Gasteiger partial charge in [-0.25, -0.2) is 0 Å². The zero-order chi connectivity index (χ0) is 20.2. The molecule has 0 unspecified atom stereocenters. The van der Waals surface area contributed by atoms with Crippen LogP contribution in [0.1, 0.15) is 41.5 Å². The second-order valence-electron chi connectivity index (χ2n) is 4.28. The molecule has 0 aromatic carbocycles. The van der Waals surface area contributed by atoms with Crippen LogP contribution in [0.3, 0.4) is 0 Å². The third-order valence-electron chi connectivity index (χ3n) is 1.85. The predicted octanol–water partition coefficient (Wildman–Crippen LogP) is 1.22. The van der Waals surface area contributed by atoms with Crippen molar-refractivity contribution in [2.24, 2.45) is 0 Å². The SMILES string of the molecule is CC(=O)/C(Cl)=C(/C)[O-].CC(=O)/C(Cl)=C(/C)[O-].CC(=O)/C(Cl)=C(/C)[O-].[Fe+3]. The Bertz CT molecular complexity index is 487. The molecule has 0 fully saturated rings. The quantitative estimate of drug-likeness (QED) is 0.358. The van der Waals surface area contributed by atoms with Crippen molar-refractivity contribution in [1.29, 1.82) is 0 Å². The number of Topliss-reactive ketones (excluding diaryl/α,β-unsaturated/α-hetero) is 3. The molecule has 0 spiro atoms. The number of halogens is 3. The van der Waals surface area contributed by atoms with Crippen LogP contribution in [-0.2, 0) is 31.5 Å². The second kappa shape index (κ2) is 16.5. The number of ketones is 3. The molecule has 25 heavy (non-hydrogen) atoms. The zero-order valence-electron chi connectivity index (χ0n) is 14.4. The number of carbonyl (C=O) groups excluding carboxylic acids is 3. The predicted molar refractivity (Wildman–Crippen MR) is 87.7 cm³/mol. The van der Waals surface area contributed by atoms with Crippen molar-refractivity contribution in [3.63, 3.8) is 0 Å². The van der Waals surface area contributed by atoms with E-state index in [0.29, 0.717) is 0 Å². The van der Waals surface area contributed by atoms with E-state index in [2.05, 4.69) is 0 Å². The Labute approximate surface area is 172 Å². The van der Waals surface area contributed by atoms with E-state index in [-0.39, 0.29) is 66.8 Å². The molecular weight excluding hydrogens is 438 g/mol. The van der Waals surface area contributed by atoms with Crippen LogP contribution in [-0.4, -0.2) is 17.3 Å². The minimum absolute atomic E-state index is 0. The molecule has 0 heterocycles. The van der Waals surface area contributed by atoms with Crippen molar-refractivity contribution in [2.45, 2.75) is 41.5 Å². The van der Waals surface area contributed by atoms with Gasteiger partial charge in [-0.1, -0.05) is 55.6 Å². The number of allylic oxidation sites excluding steroid dienone is 6. The van der Waals surface area contributed by atoms with Crippen LogP contribution in [0.4, 0.5) is 0 Å². The standard InChI is InChI=1S/3C5H7ClO2.Fe/c3*1-3(7)5(6)4(2)8;/h3*7H,1-2H3;/q;;;+3/p-3/b3*5-3+;. The molecule has 0 amide bonds. The first-order valence-corrected chi connectivity index (χ1v) is 7.43. The van der Waals surface area contributed by atoms with E-state index in [4.69, 9.17) is 34.8 Å². The summed E-state index contributed by atoms with van der Waals surface area (Å²) in [6.07, 6.45) is 0. The van der Waals surface area contributed by atoms with E-state index in [1.807, 2.05) is 0 Å². The monoisotopic (exact) mass is 455 g/mol. The van der Waals surface area contributed by atoms with Crippen molar-refractivity contribution in [2.75, 3.05) is 0 Å². The van der Waals surface area contributed by atoms with Gasteiger partial charge in [0, 0.05) is 0 Å². The fourth-order valence-corrected chi connectivity index (χ4v) is 0.744. The van der Waals surface area contributed by atoms with Crippen LogP contribution in [0.15, 0.2) is 32.4 Å². The van der Waals surface area contributed by atoms with Gasteiger partial charge in [0.2, 0.25) is 0 Å². The van der Waals surface area contributed by atoms with E-state index in [9.17, 15) is 29.7 Å². The summed E-state index contributed by atoms with van der Waals surface area (Å²) in [6.45, 7) is 7.52. The molecule has 0 aliphatic rings. The van der Waals surface area contributed by atoms with Gasteiger partial charge in [0.05, 0.1) is 15.1 Å². The first kappa shape index (κ1) is 31.8. The fraction of sp³-hybridized carbons (Fsp3) is 0.400. The molecule has 0 rings (SSSR count). The van der Waals surface area contributed by atoms with Crippen molar-refractivity contribution in [3.8, 4) is 0 Å². The molecule has 0 saturated carbocycles. The van der Waals surface area contributed by atoms with Crippen LogP contribution < -0.4 is 15.3 Å². The van der Waals surface area contributed by atoms with Gasteiger partial charge in [-0.05, 0) is 20.8 Å². The van der Waals surface area contributed by atoms with Crippen LogP contribution in [0.5, 0.6) is 0 Å². The largest absolute Gasteiger partial charge is 3.00 e. The summed E-state index contributed by atoms with van der Waals surface area (Å²) in [6, 6.07) is 0. The fourth-order valence-electron chi connectivity index (χ4n) is 0.744. The normalized spacial score (nSPS) is 12.4. The zero-order valence-corrected chi connectivity index (χ0v) is 17.8. The Balaban J connectivity index is -0.000000130. The topological polar surface area (TPSA) is 120 Å². The minimum atomic E-state index is -0.376. The molecule has 0 aliphatic heterocycles. The third-order valence-corrected chi connectivity index (χ3v) is 3.45. The number of hydrogen-bond donors (Lipinski definition) is 0. The molecular formula is C15H18Cl3FeO6. The third kappa shape index (κ3) is 19.2. The number of carbonyl (C=O) groups is 3. The molecule has 0 aliphatic carbocycles. The summed E-state index contributed by atoms with van der Waals surface area (Å²) < 4.78 is 0. The molecule has 143 valence electrons. The smallest absolute Gasteiger partial charge is 0.875 e. The molecule has 0 aromatic rings. The molecule has 0 aromatic heterocycles. The van der Waals surface area contributed by atoms with Gasteiger partial charge in [0.25, 0.3) is 0 Å². The van der Waals surface area contributed by atoms with Gasteiger partial charge in [-0.15, -0.1) is 17.3 Å².